The largest absolute Gasteiger partial charge is 0.489 e. The van der Waals surface area contributed by atoms with Crippen molar-refractivity contribution in [3.05, 3.63) is 62.3 Å². The predicted molar refractivity (Wildman–Crippen MR) is 85.2 cm³/mol. The Morgan fingerprint density at radius 1 is 1.25 bits per heavy atom. The maximum Gasteiger partial charge on any atom is 0.137 e. The van der Waals surface area contributed by atoms with E-state index in [1.165, 1.54) is 6.07 Å². The van der Waals surface area contributed by atoms with Gasteiger partial charge >= 0.3 is 0 Å². The van der Waals surface area contributed by atoms with Gasteiger partial charge in [0, 0.05) is 21.6 Å². The van der Waals surface area contributed by atoms with Crippen molar-refractivity contribution >= 4 is 31.9 Å². The van der Waals surface area contributed by atoms with E-state index in [9.17, 15) is 4.39 Å². The summed E-state index contributed by atoms with van der Waals surface area (Å²) in [7, 11) is 0. The lowest BCUT2D eigenvalue weighted by Gasteiger charge is -2.15. The van der Waals surface area contributed by atoms with Gasteiger partial charge in [-0.1, -0.05) is 28.1 Å². The third-order valence-corrected chi connectivity index (χ3v) is 4.26. The van der Waals surface area contributed by atoms with Crippen molar-refractivity contribution in [2.24, 2.45) is 5.73 Å². The van der Waals surface area contributed by atoms with Crippen molar-refractivity contribution < 1.29 is 9.13 Å². The Kier molecular flexibility index (Phi) is 5.18. The molecule has 0 aliphatic heterocycles. The van der Waals surface area contributed by atoms with Crippen LogP contribution in [0.3, 0.4) is 0 Å². The Morgan fingerprint density at radius 3 is 2.70 bits per heavy atom. The highest BCUT2D eigenvalue weighted by Gasteiger charge is 2.11. The molecule has 2 N–H and O–H groups in total. The lowest BCUT2D eigenvalue weighted by atomic mass is 10.1. The van der Waals surface area contributed by atoms with E-state index in [0.29, 0.717) is 10.2 Å². The highest BCUT2D eigenvalue weighted by atomic mass is 79.9. The average Bonchev–Trinajstić information content (AvgIpc) is 2.41. The number of halogens is 3. The van der Waals surface area contributed by atoms with E-state index in [1.807, 2.05) is 31.2 Å². The van der Waals surface area contributed by atoms with Crippen LogP contribution in [-0.2, 0) is 6.61 Å². The summed E-state index contributed by atoms with van der Waals surface area (Å²) in [6, 6.07) is 10.4. The molecule has 0 spiro atoms. The molecule has 0 aliphatic rings. The van der Waals surface area contributed by atoms with Gasteiger partial charge in [0.25, 0.3) is 0 Å². The summed E-state index contributed by atoms with van der Waals surface area (Å²) in [6.07, 6.45) is 0. The van der Waals surface area contributed by atoms with E-state index in [0.717, 1.165) is 15.6 Å². The molecule has 2 aromatic rings. The van der Waals surface area contributed by atoms with Gasteiger partial charge in [-0.25, -0.2) is 4.39 Å². The molecule has 20 heavy (non-hydrogen) atoms. The maximum absolute atomic E-state index is 13.4. The second-order valence-electron chi connectivity index (χ2n) is 4.47. The number of ether oxygens (including phenoxy) is 1. The van der Waals surface area contributed by atoms with Gasteiger partial charge < -0.3 is 10.5 Å². The Bertz CT molecular complexity index is 617. The third-order valence-electron chi connectivity index (χ3n) is 2.88. The van der Waals surface area contributed by atoms with E-state index >= 15 is 0 Å². The van der Waals surface area contributed by atoms with Crippen molar-refractivity contribution in [1.82, 2.24) is 0 Å². The number of nitrogens with two attached hydrogens (primary N) is 1. The number of hydrogen-bond acceptors (Lipinski definition) is 2. The molecule has 106 valence electrons. The number of hydrogen-bond donors (Lipinski definition) is 1. The molecule has 0 fully saturated rings. The summed E-state index contributed by atoms with van der Waals surface area (Å²) in [5.74, 6) is 0.411. The van der Waals surface area contributed by atoms with E-state index in [1.54, 1.807) is 6.07 Å². The van der Waals surface area contributed by atoms with Crippen LogP contribution in [0.4, 0.5) is 4.39 Å². The lowest BCUT2D eigenvalue weighted by Crippen LogP contribution is -2.08. The van der Waals surface area contributed by atoms with Crippen LogP contribution < -0.4 is 10.5 Å². The molecule has 0 saturated heterocycles. The molecule has 1 atom stereocenters. The molecule has 0 heterocycles. The normalized spacial score (nSPS) is 12.2. The van der Waals surface area contributed by atoms with Crippen LogP contribution in [0.15, 0.2) is 45.3 Å². The minimum absolute atomic E-state index is 0.140. The molecule has 0 saturated carbocycles. The van der Waals surface area contributed by atoms with Gasteiger partial charge in [-0.15, -0.1) is 0 Å². The number of rotatable bonds is 4. The highest BCUT2D eigenvalue weighted by Crippen LogP contribution is 2.29. The first kappa shape index (κ1) is 15.5. The van der Waals surface area contributed by atoms with E-state index in [-0.39, 0.29) is 18.5 Å². The topological polar surface area (TPSA) is 35.2 Å². The van der Waals surface area contributed by atoms with Gasteiger partial charge in [0.2, 0.25) is 0 Å². The second kappa shape index (κ2) is 6.70. The zero-order valence-electron chi connectivity index (χ0n) is 10.9. The molecule has 2 aromatic carbocycles. The Labute approximate surface area is 134 Å². The standard InChI is InChI=1S/C15H14Br2FNO/c1-9(19)12-7-11(16)5-6-14(12)20-8-10-3-2-4-13(18)15(10)17/h2-7,9H,8,19H2,1H3/t9-/m0/s1. The third kappa shape index (κ3) is 3.59. The van der Waals surface area contributed by atoms with Crippen LogP contribution in [-0.4, -0.2) is 0 Å². The maximum atomic E-state index is 13.4. The summed E-state index contributed by atoms with van der Waals surface area (Å²) in [5, 5.41) is 0. The fraction of sp³-hybridized carbons (Fsp3) is 0.200. The van der Waals surface area contributed by atoms with Crippen molar-refractivity contribution in [2.45, 2.75) is 19.6 Å². The van der Waals surface area contributed by atoms with Crippen molar-refractivity contribution in [3.8, 4) is 5.75 Å². The first-order valence-electron chi connectivity index (χ1n) is 6.09. The van der Waals surface area contributed by atoms with Crippen LogP contribution >= 0.6 is 31.9 Å². The SMILES string of the molecule is C[C@H](N)c1cc(Br)ccc1OCc1cccc(F)c1Br. The van der Waals surface area contributed by atoms with Gasteiger partial charge in [-0.3, -0.25) is 0 Å². The first-order valence-corrected chi connectivity index (χ1v) is 7.68. The first-order chi connectivity index (χ1) is 9.49. The molecule has 0 unspecified atom stereocenters. The van der Waals surface area contributed by atoms with Gasteiger partial charge in [-0.05, 0) is 47.1 Å². The summed E-state index contributed by atoms with van der Waals surface area (Å²) in [6.45, 7) is 2.17. The predicted octanol–water partition coefficient (Wildman–Crippen LogP) is 4.95. The second-order valence-corrected chi connectivity index (χ2v) is 6.18. The Hall–Kier alpha value is -0.910. The van der Waals surface area contributed by atoms with Crippen molar-refractivity contribution in [1.29, 1.82) is 0 Å². The summed E-state index contributed by atoms with van der Waals surface area (Å²) in [4.78, 5) is 0. The fourth-order valence-electron chi connectivity index (χ4n) is 1.82. The molecule has 0 amide bonds. The summed E-state index contributed by atoms with van der Waals surface area (Å²) >= 11 is 6.64. The van der Waals surface area contributed by atoms with Crippen LogP contribution in [0.1, 0.15) is 24.1 Å². The van der Waals surface area contributed by atoms with Gasteiger partial charge in [-0.2, -0.15) is 0 Å². The van der Waals surface area contributed by atoms with Gasteiger partial charge in [0.05, 0.1) is 4.47 Å². The molecule has 2 nitrogen and oxygen atoms in total. The summed E-state index contributed by atoms with van der Waals surface area (Å²) < 4.78 is 20.6. The zero-order valence-corrected chi connectivity index (χ0v) is 14.0. The highest BCUT2D eigenvalue weighted by molar-refractivity contribution is 9.10. The minimum Gasteiger partial charge on any atom is -0.489 e. The zero-order chi connectivity index (χ0) is 14.7. The van der Waals surface area contributed by atoms with Crippen molar-refractivity contribution in [3.63, 3.8) is 0 Å². The molecule has 0 aromatic heterocycles. The van der Waals surface area contributed by atoms with Crippen LogP contribution in [0, 0.1) is 5.82 Å². The van der Waals surface area contributed by atoms with E-state index in [2.05, 4.69) is 31.9 Å². The molecule has 2 rings (SSSR count). The summed E-state index contributed by atoms with van der Waals surface area (Å²) in [5.41, 5.74) is 7.60. The molecule has 0 radical (unpaired) electrons. The monoisotopic (exact) mass is 401 g/mol. The average molecular weight is 403 g/mol. The van der Waals surface area contributed by atoms with Crippen LogP contribution in [0.2, 0.25) is 0 Å². The molecule has 0 aliphatic carbocycles. The molecule has 0 bridgehead atoms. The molecule has 5 heteroatoms. The smallest absolute Gasteiger partial charge is 0.137 e. The minimum atomic E-state index is -0.297. The van der Waals surface area contributed by atoms with Gasteiger partial charge in [0.1, 0.15) is 18.2 Å². The van der Waals surface area contributed by atoms with Crippen LogP contribution in [0.5, 0.6) is 5.75 Å². The van der Waals surface area contributed by atoms with E-state index < -0.39 is 0 Å². The fourth-order valence-corrected chi connectivity index (χ4v) is 2.58. The van der Waals surface area contributed by atoms with Crippen molar-refractivity contribution in [2.75, 3.05) is 0 Å². The Balaban J connectivity index is 2.21. The molecular weight excluding hydrogens is 389 g/mol. The molecular formula is C15H14Br2FNO. The Morgan fingerprint density at radius 2 is 2.00 bits per heavy atom. The lowest BCUT2D eigenvalue weighted by molar-refractivity contribution is 0.300. The quantitative estimate of drug-likeness (QED) is 0.785. The number of benzene rings is 2. The van der Waals surface area contributed by atoms with Gasteiger partial charge in [0.15, 0.2) is 0 Å². The van der Waals surface area contributed by atoms with Crippen LogP contribution in [0.25, 0.3) is 0 Å². The van der Waals surface area contributed by atoms with E-state index in [4.69, 9.17) is 10.5 Å².